The topological polar surface area (TPSA) is 86.6 Å². The number of benzene rings is 3. The van der Waals surface area contributed by atoms with Crippen LogP contribution in [0.3, 0.4) is 0 Å². The van der Waals surface area contributed by atoms with Gasteiger partial charge >= 0.3 is 0 Å². The molecule has 3 aliphatic rings. The second-order valence-electron chi connectivity index (χ2n) is 14.9. The Morgan fingerprint density at radius 3 is 2.51 bits per heavy atom. The Kier molecular flexibility index (Phi) is 11.4. The molecular weight excluding hydrogens is 726 g/mol. The lowest BCUT2D eigenvalue weighted by Crippen LogP contribution is -2.47. The van der Waals surface area contributed by atoms with Crippen molar-refractivity contribution in [2.75, 3.05) is 50.4 Å². The summed E-state index contributed by atoms with van der Waals surface area (Å²) in [5.74, 6) is 7.66. The molecular formula is C44H48ClN7O2S. The Balaban J connectivity index is 0.950. The summed E-state index contributed by atoms with van der Waals surface area (Å²) in [6.45, 7) is 7.20. The van der Waals surface area contributed by atoms with Crippen molar-refractivity contribution in [1.29, 1.82) is 0 Å². The predicted octanol–water partition coefficient (Wildman–Crippen LogP) is 6.70. The molecule has 0 bridgehead atoms. The molecule has 5 aromatic rings. The van der Waals surface area contributed by atoms with Gasteiger partial charge in [-0.05, 0) is 78.8 Å². The van der Waals surface area contributed by atoms with Gasteiger partial charge in [0.2, 0.25) is 10.0 Å². The molecule has 2 aliphatic heterocycles. The number of nitrogens with one attached hydrogen (secondary N) is 1. The van der Waals surface area contributed by atoms with Gasteiger partial charge in [-0.15, -0.1) is 0 Å². The molecule has 1 fully saturated rings. The van der Waals surface area contributed by atoms with Crippen LogP contribution in [0.5, 0.6) is 0 Å². The fourth-order valence-corrected chi connectivity index (χ4v) is 9.12. The van der Waals surface area contributed by atoms with E-state index in [-0.39, 0.29) is 0 Å². The largest absolute Gasteiger partial charge is 0.354 e. The Labute approximate surface area is 330 Å². The number of anilines is 1. The minimum atomic E-state index is -3.36. The molecule has 8 rings (SSSR count). The summed E-state index contributed by atoms with van der Waals surface area (Å²) in [6.07, 6.45) is 8.24. The number of rotatable bonds is 10. The van der Waals surface area contributed by atoms with Gasteiger partial charge in [0.15, 0.2) is 0 Å². The molecule has 0 amide bonds. The summed E-state index contributed by atoms with van der Waals surface area (Å²) in [5, 5.41) is 9.47. The van der Waals surface area contributed by atoms with E-state index in [0.717, 1.165) is 99.0 Å². The van der Waals surface area contributed by atoms with Crippen molar-refractivity contribution in [2.45, 2.75) is 57.8 Å². The summed E-state index contributed by atoms with van der Waals surface area (Å²) in [7, 11) is -3.36. The number of pyridine rings is 1. The fourth-order valence-electron chi connectivity index (χ4n) is 8.17. The normalized spacial score (nSPS) is 17.6. The average Bonchev–Trinajstić information content (AvgIpc) is 3.58. The van der Waals surface area contributed by atoms with Crippen molar-refractivity contribution < 1.29 is 8.42 Å². The van der Waals surface area contributed by atoms with E-state index in [2.05, 4.69) is 91.2 Å². The number of nitrogens with zero attached hydrogens (tertiary/aromatic N) is 6. The summed E-state index contributed by atoms with van der Waals surface area (Å²) in [5.41, 5.74) is 9.49. The van der Waals surface area contributed by atoms with Crippen LogP contribution in [-0.2, 0) is 42.5 Å². The van der Waals surface area contributed by atoms with Crippen LogP contribution in [0.4, 0.5) is 5.82 Å². The Morgan fingerprint density at radius 2 is 1.71 bits per heavy atom. The third-order valence-electron chi connectivity index (χ3n) is 11.2. The van der Waals surface area contributed by atoms with Crippen LogP contribution in [0.1, 0.15) is 64.4 Å². The molecule has 11 heteroatoms. The molecule has 3 aromatic carbocycles. The predicted molar refractivity (Wildman–Crippen MR) is 221 cm³/mol. The first-order valence-electron chi connectivity index (χ1n) is 19.4. The second-order valence-corrected chi connectivity index (χ2v) is 17.3. The minimum Gasteiger partial charge on any atom is -0.354 e. The molecule has 0 unspecified atom stereocenters. The molecule has 1 atom stereocenters. The van der Waals surface area contributed by atoms with Gasteiger partial charge in [0.1, 0.15) is 5.82 Å². The Bertz CT molecular complexity index is 2290. The van der Waals surface area contributed by atoms with Crippen molar-refractivity contribution in [3.63, 3.8) is 0 Å². The summed E-state index contributed by atoms with van der Waals surface area (Å²) >= 11 is 6.71. The van der Waals surface area contributed by atoms with Gasteiger partial charge in [0, 0.05) is 106 Å². The number of halogens is 1. The molecule has 2 aromatic heterocycles. The SMILES string of the molecule is CS(=O)(=O)N1CCc2c(c(-c3ccc(Cl)c(C#Cc4ccc(CN[C@H]5CCCc6ccccc65)cc4)c3)nn2CCCN2CCN(c3ccccn3)CC2)C1. The van der Waals surface area contributed by atoms with E-state index in [1.54, 1.807) is 4.31 Å². The lowest BCUT2D eigenvalue weighted by Gasteiger charge is -2.35. The van der Waals surface area contributed by atoms with Gasteiger partial charge in [-0.2, -0.15) is 9.40 Å². The molecule has 1 aliphatic carbocycles. The highest BCUT2D eigenvalue weighted by molar-refractivity contribution is 7.88. The Morgan fingerprint density at radius 1 is 0.891 bits per heavy atom. The van der Waals surface area contributed by atoms with Gasteiger partial charge in [-0.1, -0.05) is 72.0 Å². The lowest BCUT2D eigenvalue weighted by atomic mass is 9.87. The second kappa shape index (κ2) is 16.7. The standard InChI is InChI=1S/C44H48ClN7O2S/c1-55(53,54)51-25-21-42-39(32-51)44(48-52(42)24-7-23-49-26-28-50(29-27-49)43-12-4-5-22-46-43)37-19-20-40(45)36(30-37)18-17-33-13-15-34(16-14-33)31-47-41-11-6-9-35-8-2-3-10-38(35)41/h2-5,8,10,12-16,19-20,22,30,41,47H,6-7,9,11,21,23-29,31-32H2,1H3/t41-/m0/s1. The van der Waals surface area contributed by atoms with E-state index < -0.39 is 10.0 Å². The minimum absolute atomic E-state index is 0.303. The number of hydrogen-bond donors (Lipinski definition) is 1. The van der Waals surface area contributed by atoms with Gasteiger partial charge in [0.05, 0.1) is 17.0 Å². The third kappa shape index (κ3) is 8.82. The van der Waals surface area contributed by atoms with E-state index in [1.807, 2.05) is 36.5 Å². The van der Waals surface area contributed by atoms with E-state index in [4.69, 9.17) is 16.7 Å². The van der Waals surface area contributed by atoms with Gasteiger partial charge in [-0.3, -0.25) is 9.58 Å². The zero-order chi connectivity index (χ0) is 37.8. The number of sulfonamides is 1. The van der Waals surface area contributed by atoms with Crippen LogP contribution in [0.2, 0.25) is 5.02 Å². The van der Waals surface area contributed by atoms with Crippen LogP contribution in [0, 0.1) is 11.8 Å². The first kappa shape index (κ1) is 37.4. The van der Waals surface area contributed by atoms with Crippen molar-refractivity contribution in [3.05, 3.63) is 135 Å². The van der Waals surface area contributed by atoms with Crippen molar-refractivity contribution in [2.24, 2.45) is 0 Å². The summed E-state index contributed by atoms with van der Waals surface area (Å²) in [4.78, 5) is 9.37. The lowest BCUT2D eigenvalue weighted by molar-refractivity contribution is 0.248. The zero-order valence-electron chi connectivity index (χ0n) is 31.4. The van der Waals surface area contributed by atoms with Gasteiger partial charge < -0.3 is 10.2 Å². The summed E-state index contributed by atoms with van der Waals surface area (Å²) in [6, 6.07) is 29.5. The zero-order valence-corrected chi connectivity index (χ0v) is 33.0. The average molecular weight is 774 g/mol. The van der Waals surface area contributed by atoms with E-state index in [1.165, 1.54) is 29.4 Å². The first-order chi connectivity index (χ1) is 26.8. The van der Waals surface area contributed by atoms with Gasteiger partial charge in [-0.25, -0.2) is 13.4 Å². The molecule has 0 spiro atoms. The molecule has 284 valence electrons. The van der Waals surface area contributed by atoms with E-state index in [0.29, 0.717) is 36.1 Å². The van der Waals surface area contributed by atoms with E-state index >= 15 is 0 Å². The monoisotopic (exact) mass is 773 g/mol. The molecule has 55 heavy (non-hydrogen) atoms. The quantitative estimate of drug-likeness (QED) is 0.158. The van der Waals surface area contributed by atoms with Crippen LogP contribution < -0.4 is 10.2 Å². The molecule has 0 saturated carbocycles. The summed E-state index contributed by atoms with van der Waals surface area (Å²) < 4.78 is 29.0. The van der Waals surface area contributed by atoms with Crippen LogP contribution in [-0.4, -0.2) is 77.9 Å². The van der Waals surface area contributed by atoms with Crippen LogP contribution in [0.25, 0.3) is 11.3 Å². The maximum absolute atomic E-state index is 12.7. The van der Waals surface area contributed by atoms with Crippen molar-refractivity contribution in [1.82, 2.24) is 29.3 Å². The smallest absolute Gasteiger partial charge is 0.211 e. The first-order valence-corrected chi connectivity index (χ1v) is 21.7. The Hall–Kier alpha value is -4.50. The van der Waals surface area contributed by atoms with Crippen molar-refractivity contribution in [3.8, 4) is 23.1 Å². The molecule has 4 heterocycles. The third-order valence-corrected chi connectivity index (χ3v) is 12.8. The highest BCUT2D eigenvalue weighted by atomic mass is 35.5. The molecule has 0 radical (unpaired) electrons. The number of aromatic nitrogens is 3. The highest BCUT2D eigenvalue weighted by Gasteiger charge is 2.30. The number of piperazine rings is 1. The van der Waals surface area contributed by atoms with Crippen LogP contribution in [0.15, 0.2) is 91.1 Å². The molecule has 1 N–H and O–H groups in total. The highest BCUT2D eigenvalue weighted by Crippen LogP contribution is 2.33. The number of fused-ring (bicyclic) bond motifs is 2. The van der Waals surface area contributed by atoms with E-state index in [9.17, 15) is 8.42 Å². The van der Waals surface area contributed by atoms with Crippen LogP contribution >= 0.6 is 11.6 Å². The number of hydrogen-bond acceptors (Lipinski definition) is 7. The van der Waals surface area contributed by atoms with Crippen molar-refractivity contribution >= 4 is 27.4 Å². The number of aryl methyl sites for hydroxylation is 2. The maximum atomic E-state index is 12.7. The molecule has 1 saturated heterocycles. The van der Waals surface area contributed by atoms with Gasteiger partial charge in [0.25, 0.3) is 0 Å². The fraction of sp³-hybridized carbons (Fsp3) is 0.364. The maximum Gasteiger partial charge on any atom is 0.211 e. The molecule has 9 nitrogen and oxygen atoms in total.